The minimum Gasteiger partial charge on any atom is -0.284 e. The molecule has 170 valence electrons. The number of hydrazine groups is 1. The number of rotatable bonds is 7. The molecule has 1 saturated heterocycles. The summed E-state index contributed by atoms with van der Waals surface area (Å²) in [4.78, 5) is 13.1. The fourth-order valence-corrected chi connectivity index (χ4v) is 5.82. The van der Waals surface area contributed by atoms with Crippen molar-refractivity contribution in [3.8, 4) is 0 Å². The van der Waals surface area contributed by atoms with E-state index in [0.29, 0.717) is 12.1 Å². The summed E-state index contributed by atoms with van der Waals surface area (Å²) in [6.07, 6.45) is 4.11. The van der Waals surface area contributed by atoms with Crippen LogP contribution in [0.3, 0.4) is 0 Å². The average Bonchev–Trinajstić information content (AvgIpc) is 3.29. The van der Waals surface area contributed by atoms with E-state index in [1.165, 1.54) is 28.7 Å². The molecule has 0 aromatic heterocycles. The monoisotopic (exact) mass is 768 g/mol. The second kappa shape index (κ2) is 11.8. The quantitative estimate of drug-likeness (QED) is 0.266. The summed E-state index contributed by atoms with van der Waals surface area (Å²) in [6, 6.07) is 15.4. The molecule has 2 heterocycles. The predicted molar refractivity (Wildman–Crippen MR) is 157 cm³/mol. The first-order chi connectivity index (χ1) is 15.6. The summed E-state index contributed by atoms with van der Waals surface area (Å²) in [6.45, 7) is 1.83. The lowest BCUT2D eigenvalue weighted by atomic mass is 9.99. The van der Waals surface area contributed by atoms with Crippen LogP contribution in [-0.2, 0) is 18.1 Å². The Hall–Kier alpha value is -0.470. The summed E-state index contributed by atoms with van der Waals surface area (Å²) in [5.74, 6) is -0.0665. The van der Waals surface area contributed by atoms with Gasteiger partial charge in [0.05, 0.1) is 11.7 Å². The van der Waals surface area contributed by atoms with Gasteiger partial charge in [0.1, 0.15) is 5.71 Å². The fourth-order valence-electron chi connectivity index (χ4n) is 4.22. The van der Waals surface area contributed by atoms with E-state index < -0.39 is 0 Å². The first-order valence-electron chi connectivity index (χ1n) is 10.9. The lowest BCUT2D eigenvalue weighted by Crippen LogP contribution is -2.47. The number of nitrogens with one attached hydrogen (secondary N) is 1. The molecule has 1 unspecified atom stereocenters. The molecule has 0 radical (unpaired) electrons. The number of anilines is 1. The molecule has 1 N–H and O–H groups in total. The van der Waals surface area contributed by atoms with Gasteiger partial charge in [-0.3, -0.25) is 15.2 Å². The number of carbonyl (C=O) groups excluding carboxylic acids is 1. The minimum atomic E-state index is -0.0665. The molecule has 0 aliphatic carbocycles. The number of benzene rings is 2. The first kappa shape index (κ1) is 24.6. The van der Waals surface area contributed by atoms with E-state index in [4.69, 9.17) is 5.10 Å². The zero-order chi connectivity index (χ0) is 22.5. The number of halogens is 3. The maximum atomic E-state index is 13.1. The topological polar surface area (TPSA) is 47.9 Å². The van der Waals surface area contributed by atoms with Crippen molar-refractivity contribution < 1.29 is 4.79 Å². The summed E-state index contributed by atoms with van der Waals surface area (Å²) in [5, 5.41) is 9.02. The molecule has 32 heavy (non-hydrogen) atoms. The van der Waals surface area contributed by atoms with Crippen molar-refractivity contribution in [3.05, 3.63) is 64.7 Å². The van der Waals surface area contributed by atoms with Crippen LogP contribution in [0.5, 0.6) is 0 Å². The lowest BCUT2D eigenvalue weighted by molar-refractivity contribution is -0.119. The molecule has 2 aromatic rings. The van der Waals surface area contributed by atoms with Gasteiger partial charge < -0.3 is 0 Å². The van der Waals surface area contributed by atoms with Crippen LogP contribution in [0.2, 0.25) is 0 Å². The Kier molecular flexibility index (Phi) is 9.08. The summed E-state index contributed by atoms with van der Waals surface area (Å²) < 4.78 is 2.87. The van der Waals surface area contributed by atoms with E-state index >= 15 is 0 Å². The summed E-state index contributed by atoms with van der Waals surface area (Å²) in [7, 11) is 0. The third-order valence-corrected chi connectivity index (χ3v) is 8.58. The summed E-state index contributed by atoms with van der Waals surface area (Å²) in [5.41, 5.74) is 9.88. The minimum absolute atomic E-state index is 0.0209. The largest absolute Gasteiger partial charge is 0.284 e. The third-order valence-electron chi connectivity index (χ3n) is 6.00. The van der Waals surface area contributed by atoms with Crippen LogP contribution in [0.4, 0.5) is 5.69 Å². The van der Waals surface area contributed by atoms with Gasteiger partial charge in [0.15, 0.2) is 0 Å². The van der Waals surface area contributed by atoms with Crippen molar-refractivity contribution in [1.29, 1.82) is 0 Å². The average molecular weight is 768 g/mol. The Balaban J connectivity index is 1.65. The van der Waals surface area contributed by atoms with Crippen LogP contribution in [0.25, 0.3) is 0 Å². The molecule has 0 saturated carbocycles. The molecule has 1 fully saturated rings. The van der Waals surface area contributed by atoms with E-state index in [2.05, 4.69) is 121 Å². The van der Waals surface area contributed by atoms with Crippen molar-refractivity contribution >= 4 is 85.1 Å². The van der Waals surface area contributed by atoms with Crippen LogP contribution in [0.15, 0.2) is 47.6 Å². The number of amides is 1. The van der Waals surface area contributed by atoms with E-state index in [0.717, 1.165) is 44.9 Å². The molecule has 2 aliphatic heterocycles. The van der Waals surface area contributed by atoms with E-state index in [1.807, 2.05) is 5.01 Å². The maximum absolute atomic E-state index is 13.1. The normalized spacial score (nSPS) is 19.2. The van der Waals surface area contributed by atoms with Crippen LogP contribution < -0.4 is 10.4 Å². The Morgan fingerprint density at radius 1 is 0.938 bits per heavy atom. The van der Waals surface area contributed by atoms with Gasteiger partial charge in [0, 0.05) is 32.8 Å². The number of hydrogen-bond donors (Lipinski definition) is 1. The highest BCUT2D eigenvalue weighted by Gasteiger charge is 2.34. The van der Waals surface area contributed by atoms with Crippen molar-refractivity contribution in [2.75, 3.05) is 18.1 Å². The second-order valence-electron chi connectivity index (χ2n) is 8.21. The zero-order valence-electron chi connectivity index (χ0n) is 17.9. The Morgan fingerprint density at radius 3 is 2.28 bits per heavy atom. The number of hydrazone groups is 1. The second-order valence-corrected chi connectivity index (χ2v) is 10.5. The van der Waals surface area contributed by atoms with Gasteiger partial charge in [-0.1, -0.05) is 111 Å². The number of hydrogen-bond acceptors (Lipinski definition) is 4. The number of piperidine rings is 1. The first-order valence-corrected chi connectivity index (χ1v) is 15.5. The van der Waals surface area contributed by atoms with Crippen molar-refractivity contribution in [1.82, 2.24) is 10.4 Å². The molecular weight excluding hydrogens is 741 g/mol. The number of alkyl halides is 3. The molecule has 1 atom stereocenters. The van der Waals surface area contributed by atoms with Gasteiger partial charge in [-0.2, -0.15) is 5.10 Å². The number of nitrogens with zero attached hydrogens (tertiary/aromatic N) is 3. The van der Waals surface area contributed by atoms with Crippen LogP contribution in [0, 0.1) is 0 Å². The highest BCUT2D eigenvalue weighted by molar-refractivity contribution is 14.1. The van der Waals surface area contributed by atoms with Gasteiger partial charge >= 0.3 is 0 Å². The molecule has 0 bridgehead atoms. The van der Waals surface area contributed by atoms with Crippen LogP contribution in [0.1, 0.15) is 54.0 Å². The van der Waals surface area contributed by atoms with Gasteiger partial charge in [-0.05, 0) is 41.2 Å². The zero-order valence-corrected chi connectivity index (χ0v) is 24.3. The van der Waals surface area contributed by atoms with E-state index in [1.54, 1.807) is 0 Å². The Labute approximate surface area is 231 Å². The predicted octanol–water partition coefficient (Wildman–Crippen LogP) is 6.32. The van der Waals surface area contributed by atoms with Crippen LogP contribution >= 0.6 is 67.8 Å². The molecular formula is C24H27I3N4O. The Bertz CT molecular complexity index is 974. The van der Waals surface area contributed by atoms with Gasteiger partial charge in [-0.25, -0.2) is 5.01 Å². The van der Waals surface area contributed by atoms with Crippen LogP contribution in [-0.4, -0.2) is 29.7 Å². The smallest absolute Gasteiger partial charge is 0.281 e. The number of carbonyl (C=O) groups is 1. The maximum Gasteiger partial charge on any atom is 0.281 e. The molecule has 4 rings (SSSR count). The Morgan fingerprint density at radius 2 is 1.62 bits per heavy atom. The molecule has 5 nitrogen and oxygen atoms in total. The van der Waals surface area contributed by atoms with Gasteiger partial charge in [0.25, 0.3) is 5.91 Å². The van der Waals surface area contributed by atoms with E-state index in [-0.39, 0.29) is 11.9 Å². The van der Waals surface area contributed by atoms with Crippen molar-refractivity contribution in [2.24, 2.45) is 5.10 Å². The van der Waals surface area contributed by atoms with Crippen molar-refractivity contribution in [2.45, 2.75) is 45.0 Å². The lowest BCUT2D eigenvalue weighted by Gasteiger charge is -2.26. The summed E-state index contributed by atoms with van der Waals surface area (Å²) >= 11 is 7.21. The van der Waals surface area contributed by atoms with E-state index in [9.17, 15) is 4.79 Å². The third kappa shape index (κ3) is 5.77. The van der Waals surface area contributed by atoms with Gasteiger partial charge in [-0.15, -0.1) is 0 Å². The molecule has 1 amide bonds. The molecule has 0 spiro atoms. The molecule has 8 heteroatoms. The fraction of sp³-hybridized carbons (Fsp3) is 0.417. The van der Waals surface area contributed by atoms with Gasteiger partial charge in [0.2, 0.25) is 0 Å². The standard InChI is InChI=1S/C24H27I3N4O/c25-14-17-4-7-19(8-5-17)23-13-21(24(32)29-30-10-2-1-3-11-30)28-31(23)22-9-6-18(15-26)12-20(22)16-27/h4-9,12,23H,1-3,10-11,13-16H2,(H,29,32). The molecule has 2 aliphatic rings. The van der Waals surface area contributed by atoms with Crippen molar-refractivity contribution in [3.63, 3.8) is 0 Å². The highest BCUT2D eigenvalue weighted by atomic mass is 127. The SMILES string of the molecule is O=C(NN1CCCCC1)C1=NN(c2ccc(CI)cc2CI)C(c2ccc(CI)cc2)C1. The molecule has 2 aromatic carbocycles. The highest BCUT2D eigenvalue weighted by Crippen LogP contribution is 2.38.